The van der Waals surface area contributed by atoms with Crippen LogP contribution < -0.4 is 29.6 Å². The van der Waals surface area contributed by atoms with Gasteiger partial charge in [-0.05, 0) is 56.7 Å². The van der Waals surface area contributed by atoms with Gasteiger partial charge in [0.15, 0.2) is 5.78 Å². The van der Waals surface area contributed by atoms with Crippen molar-refractivity contribution in [3.05, 3.63) is 45.7 Å². The number of nitrogens with zero attached hydrogens (tertiary/aromatic N) is 1. The minimum absolute atomic E-state index is 0. The number of carbonyl (C=O) groups excluding carboxylic acids is 1. The largest absolute Gasteiger partial charge is 1.00 e. The van der Waals surface area contributed by atoms with Crippen molar-refractivity contribution in [1.29, 1.82) is 0 Å². The first kappa shape index (κ1) is 21.9. The van der Waals surface area contributed by atoms with Crippen LogP contribution in [0, 0.1) is 20.8 Å². The zero-order valence-electron chi connectivity index (χ0n) is 17.3. The maximum atomic E-state index is 12.7. The fourth-order valence-electron chi connectivity index (χ4n) is 3.69. The minimum atomic E-state index is -0.0524. The zero-order valence-corrected chi connectivity index (χ0v) is 18.3. The standard InChI is InChI=1S/C20H27NO3.Na.H/c1-6-16(21-24-7-2)20-17(22)10-15(11-18(20)23)19-13(4)8-12(3)9-14(19)5;;/h8-9,15,22H,6-7,10-11H2,1-5H3;;/q;+1;-1/b21-16+;;. The Morgan fingerprint density at radius 3 is 2.32 bits per heavy atom. The Morgan fingerprint density at radius 2 is 1.84 bits per heavy atom. The first-order valence-electron chi connectivity index (χ1n) is 8.61. The normalized spacial score (nSPS) is 18.2. The van der Waals surface area contributed by atoms with Crippen LogP contribution in [0.15, 0.2) is 28.6 Å². The Labute approximate surface area is 174 Å². The Bertz CT molecular complexity index is 690. The summed E-state index contributed by atoms with van der Waals surface area (Å²) in [6.07, 6.45) is 1.42. The molecule has 25 heavy (non-hydrogen) atoms. The van der Waals surface area contributed by atoms with Crippen molar-refractivity contribution in [3.63, 3.8) is 0 Å². The molecule has 1 aliphatic rings. The number of hydrogen-bond acceptors (Lipinski definition) is 4. The SMILES string of the molecule is CCO/N=C(\CC)C1=C(O)CC(c2c(C)cc(C)cc2C)CC1=O.[H-].[Na+]. The summed E-state index contributed by atoms with van der Waals surface area (Å²) in [6, 6.07) is 4.27. The number of Topliss-reactive ketones (excluding diaryl/α,β-unsaturated/α-hetero) is 1. The molecular formula is C20H28NNaO3. The quantitative estimate of drug-likeness (QED) is 0.499. The number of aliphatic hydroxyl groups is 1. The van der Waals surface area contributed by atoms with Crippen LogP contribution in [-0.4, -0.2) is 23.2 Å². The predicted octanol–water partition coefficient (Wildman–Crippen LogP) is 1.79. The van der Waals surface area contributed by atoms with Gasteiger partial charge in [-0.25, -0.2) is 0 Å². The molecule has 1 aromatic carbocycles. The molecule has 0 amide bonds. The summed E-state index contributed by atoms with van der Waals surface area (Å²) >= 11 is 0. The van der Waals surface area contributed by atoms with Gasteiger partial charge in [0, 0.05) is 12.8 Å². The molecule has 0 bridgehead atoms. The van der Waals surface area contributed by atoms with Gasteiger partial charge < -0.3 is 11.4 Å². The molecule has 1 atom stereocenters. The molecule has 0 radical (unpaired) electrons. The van der Waals surface area contributed by atoms with Gasteiger partial charge in [-0.3, -0.25) is 4.79 Å². The molecule has 5 heteroatoms. The summed E-state index contributed by atoms with van der Waals surface area (Å²) < 4.78 is 0. The van der Waals surface area contributed by atoms with E-state index in [1.165, 1.54) is 22.3 Å². The maximum Gasteiger partial charge on any atom is 1.00 e. The topological polar surface area (TPSA) is 58.9 Å². The van der Waals surface area contributed by atoms with Gasteiger partial charge in [-0.15, -0.1) is 0 Å². The molecule has 0 aromatic heterocycles. The number of oxime groups is 1. The van der Waals surface area contributed by atoms with E-state index in [1.54, 1.807) is 0 Å². The average molecular weight is 353 g/mol. The molecule has 0 saturated heterocycles. The van der Waals surface area contributed by atoms with Crippen LogP contribution in [0.25, 0.3) is 0 Å². The van der Waals surface area contributed by atoms with Crippen LogP contribution in [0.5, 0.6) is 0 Å². The maximum absolute atomic E-state index is 12.7. The number of carbonyl (C=O) groups is 1. The van der Waals surface area contributed by atoms with E-state index in [9.17, 15) is 9.90 Å². The Hall–Kier alpha value is -1.10. The number of aryl methyl sites for hydroxylation is 3. The van der Waals surface area contributed by atoms with Gasteiger partial charge in [0.05, 0.1) is 11.3 Å². The zero-order chi connectivity index (χ0) is 17.9. The van der Waals surface area contributed by atoms with E-state index < -0.39 is 0 Å². The predicted molar refractivity (Wildman–Crippen MR) is 97.8 cm³/mol. The second-order valence-electron chi connectivity index (χ2n) is 6.47. The van der Waals surface area contributed by atoms with Crippen LogP contribution in [0.1, 0.15) is 62.7 Å². The molecule has 0 saturated carbocycles. The third-order valence-corrected chi connectivity index (χ3v) is 4.51. The van der Waals surface area contributed by atoms with Gasteiger partial charge in [-0.2, -0.15) is 0 Å². The second-order valence-corrected chi connectivity index (χ2v) is 6.47. The first-order chi connectivity index (χ1) is 11.4. The fourth-order valence-corrected chi connectivity index (χ4v) is 3.69. The minimum Gasteiger partial charge on any atom is -1.00 e. The molecule has 1 aliphatic carbocycles. The van der Waals surface area contributed by atoms with Crippen LogP contribution in [0.3, 0.4) is 0 Å². The number of hydrogen-bond donors (Lipinski definition) is 1. The molecule has 1 N–H and O–H groups in total. The van der Waals surface area contributed by atoms with Crippen molar-refractivity contribution in [1.82, 2.24) is 0 Å². The number of benzene rings is 1. The number of ketones is 1. The molecule has 0 heterocycles. The Balaban J connectivity index is 0.00000312. The fraction of sp³-hybridized carbons (Fsp3) is 0.500. The molecule has 132 valence electrons. The molecule has 1 aromatic rings. The second kappa shape index (κ2) is 9.56. The van der Waals surface area contributed by atoms with Gasteiger partial charge in [0.2, 0.25) is 0 Å². The van der Waals surface area contributed by atoms with Gasteiger partial charge in [0.25, 0.3) is 0 Å². The molecule has 4 nitrogen and oxygen atoms in total. The Kier molecular flexibility index (Phi) is 8.39. The summed E-state index contributed by atoms with van der Waals surface area (Å²) in [7, 11) is 0. The molecule has 0 fully saturated rings. The van der Waals surface area contributed by atoms with Crippen LogP contribution in [-0.2, 0) is 9.63 Å². The van der Waals surface area contributed by atoms with Crippen LogP contribution >= 0.6 is 0 Å². The third-order valence-electron chi connectivity index (χ3n) is 4.51. The van der Waals surface area contributed by atoms with E-state index in [-0.39, 0.29) is 48.4 Å². The molecule has 1 unspecified atom stereocenters. The smallest absolute Gasteiger partial charge is 1.00 e. The van der Waals surface area contributed by atoms with E-state index in [2.05, 4.69) is 38.1 Å². The molecule has 2 rings (SSSR count). The van der Waals surface area contributed by atoms with Crippen molar-refractivity contribution in [2.75, 3.05) is 6.61 Å². The third kappa shape index (κ3) is 4.96. The number of rotatable bonds is 5. The van der Waals surface area contributed by atoms with E-state index in [0.717, 1.165) is 0 Å². The van der Waals surface area contributed by atoms with Crippen LogP contribution in [0.2, 0.25) is 0 Å². The Morgan fingerprint density at radius 1 is 1.24 bits per heavy atom. The average Bonchev–Trinajstić information content (AvgIpc) is 2.48. The van der Waals surface area contributed by atoms with Crippen molar-refractivity contribution >= 4 is 11.5 Å². The van der Waals surface area contributed by atoms with Crippen LogP contribution in [0.4, 0.5) is 0 Å². The van der Waals surface area contributed by atoms with Gasteiger partial charge in [0.1, 0.15) is 12.4 Å². The van der Waals surface area contributed by atoms with E-state index >= 15 is 0 Å². The van der Waals surface area contributed by atoms with E-state index in [0.29, 0.717) is 37.2 Å². The van der Waals surface area contributed by atoms with Crippen molar-refractivity contribution in [3.8, 4) is 0 Å². The first-order valence-corrected chi connectivity index (χ1v) is 8.61. The van der Waals surface area contributed by atoms with Crippen molar-refractivity contribution < 1.29 is 45.7 Å². The molecule has 0 aliphatic heterocycles. The monoisotopic (exact) mass is 353 g/mol. The van der Waals surface area contributed by atoms with E-state index in [1.807, 2.05) is 13.8 Å². The van der Waals surface area contributed by atoms with Crippen molar-refractivity contribution in [2.24, 2.45) is 5.16 Å². The summed E-state index contributed by atoms with van der Waals surface area (Å²) in [5.41, 5.74) is 5.65. The molecule has 0 spiro atoms. The van der Waals surface area contributed by atoms with Gasteiger partial charge >= 0.3 is 29.6 Å². The van der Waals surface area contributed by atoms with Gasteiger partial charge in [-0.1, -0.05) is 29.8 Å². The van der Waals surface area contributed by atoms with E-state index in [4.69, 9.17) is 4.84 Å². The summed E-state index contributed by atoms with van der Waals surface area (Å²) in [5, 5.41) is 14.5. The summed E-state index contributed by atoms with van der Waals surface area (Å²) in [5.74, 6) is 0.103. The van der Waals surface area contributed by atoms with Crippen molar-refractivity contribution in [2.45, 2.75) is 59.8 Å². The summed E-state index contributed by atoms with van der Waals surface area (Å²) in [6.45, 7) is 10.4. The summed E-state index contributed by atoms with van der Waals surface area (Å²) in [4.78, 5) is 17.8. The number of aliphatic hydroxyl groups excluding tert-OH is 1. The molecular weight excluding hydrogens is 325 g/mol. The number of allylic oxidation sites excluding steroid dienone is 2.